The van der Waals surface area contributed by atoms with Crippen LogP contribution in [0.4, 0.5) is 0 Å². The molecule has 0 aliphatic carbocycles. The first-order valence-corrected chi connectivity index (χ1v) is 14.2. The molecule has 0 bridgehead atoms. The number of hydrogen-bond donors (Lipinski definition) is 2. The van der Waals surface area contributed by atoms with Gasteiger partial charge in [-0.15, -0.1) is 0 Å². The van der Waals surface area contributed by atoms with Gasteiger partial charge in [0.25, 0.3) is 0 Å². The Morgan fingerprint density at radius 2 is 1.07 bits per heavy atom. The fraction of sp³-hybridized carbons (Fsp3) is 0.200. The number of rotatable bonds is 16. The molecule has 0 fully saturated rings. The number of carbonyl (C=O) groups is 4. The molecule has 4 rings (SSSR count). The number of aliphatic carboxylic acids is 1. The molecule has 0 aliphatic heterocycles. The average Bonchev–Trinajstić information content (AvgIpc) is 3.07. The predicted molar refractivity (Wildman–Crippen MR) is 163 cm³/mol. The Hall–Kier alpha value is -5.32. The van der Waals surface area contributed by atoms with E-state index in [0.717, 1.165) is 11.1 Å². The number of carbonyl (C=O) groups excluding carboxylic acids is 3. The molecule has 2 N–H and O–H groups in total. The fourth-order valence-corrected chi connectivity index (χ4v) is 4.21. The second-order valence-corrected chi connectivity index (χ2v) is 9.90. The molecule has 4 aromatic rings. The van der Waals surface area contributed by atoms with Gasteiger partial charge in [-0.2, -0.15) is 0 Å². The van der Waals surface area contributed by atoms with Crippen molar-refractivity contribution in [2.45, 2.75) is 31.5 Å². The van der Waals surface area contributed by atoms with Gasteiger partial charge in [0.15, 0.2) is 0 Å². The van der Waals surface area contributed by atoms with Crippen molar-refractivity contribution in [1.82, 2.24) is 5.32 Å². The Balaban J connectivity index is 1.53. The summed E-state index contributed by atoms with van der Waals surface area (Å²) < 4.78 is 22.1. The van der Waals surface area contributed by atoms with Crippen LogP contribution in [0.15, 0.2) is 121 Å². The standard InChI is InChI=1S/C35H33NO9/c37-32(38)30(44-33(39)27-17-9-3-10-18-27)31(45-34(40)28-19-11-4-12-20-28)35(41)43-29(22-36-21-25-13-5-1-6-14-25)24-42-23-26-15-7-2-8-16-26/h1-20,29-31,36H,21-24H2,(H,37,38)/t29-,30-,31-/m1/s1. The molecule has 0 saturated heterocycles. The summed E-state index contributed by atoms with van der Waals surface area (Å²) in [6.07, 6.45) is -5.27. The van der Waals surface area contributed by atoms with Crippen LogP contribution in [0, 0.1) is 0 Å². The zero-order valence-corrected chi connectivity index (χ0v) is 24.3. The summed E-state index contributed by atoms with van der Waals surface area (Å²) >= 11 is 0. The Morgan fingerprint density at radius 3 is 1.58 bits per heavy atom. The maximum Gasteiger partial charge on any atom is 0.352 e. The lowest BCUT2D eigenvalue weighted by Gasteiger charge is -2.26. The Kier molecular flexibility index (Phi) is 12.4. The van der Waals surface area contributed by atoms with Crippen molar-refractivity contribution in [2.24, 2.45) is 0 Å². The van der Waals surface area contributed by atoms with Gasteiger partial charge in [-0.25, -0.2) is 19.2 Å². The monoisotopic (exact) mass is 611 g/mol. The smallest absolute Gasteiger partial charge is 0.352 e. The van der Waals surface area contributed by atoms with Gasteiger partial charge in [-0.1, -0.05) is 97.1 Å². The maximum atomic E-state index is 13.6. The molecule has 232 valence electrons. The molecule has 45 heavy (non-hydrogen) atoms. The number of benzene rings is 4. The van der Waals surface area contributed by atoms with Crippen molar-refractivity contribution >= 4 is 23.9 Å². The van der Waals surface area contributed by atoms with Crippen LogP contribution in [0.25, 0.3) is 0 Å². The molecule has 3 atom stereocenters. The number of esters is 3. The lowest BCUT2D eigenvalue weighted by Crippen LogP contribution is -2.48. The second-order valence-electron chi connectivity index (χ2n) is 9.90. The van der Waals surface area contributed by atoms with Gasteiger partial charge >= 0.3 is 23.9 Å². The highest BCUT2D eigenvalue weighted by Crippen LogP contribution is 2.16. The Labute approximate surface area is 260 Å². The van der Waals surface area contributed by atoms with Crippen molar-refractivity contribution < 1.29 is 43.2 Å². The predicted octanol–water partition coefficient (Wildman–Crippen LogP) is 4.44. The van der Waals surface area contributed by atoms with E-state index in [0.29, 0.717) is 6.54 Å². The van der Waals surface area contributed by atoms with E-state index in [2.05, 4.69) is 5.32 Å². The van der Waals surface area contributed by atoms with Crippen LogP contribution < -0.4 is 5.32 Å². The Morgan fingerprint density at radius 1 is 0.600 bits per heavy atom. The number of ether oxygens (including phenoxy) is 4. The lowest BCUT2D eigenvalue weighted by atomic mass is 10.1. The van der Waals surface area contributed by atoms with Crippen LogP contribution in [-0.2, 0) is 41.7 Å². The van der Waals surface area contributed by atoms with Crippen LogP contribution in [-0.4, -0.2) is 60.4 Å². The third kappa shape index (κ3) is 10.4. The van der Waals surface area contributed by atoms with E-state index in [-0.39, 0.29) is 30.9 Å². The van der Waals surface area contributed by atoms with Crippen molar-refractivity contribution in [3.05, 3.63) is 144 Å². The van der Waals surface area contributed by atoms with Crippen LogP contribution >= 0.6 is 0 Å². The molecule has 0 heterocycles. The van der Waals surface area contributed by atoms with Gasteiger partial charge in [0.05, 0.1) is 24.3 Å². The van der Waals surface area contributed by atoms with E-state index in [1.54, 1.807) is 36.4 Å². The van der Waals surface area contributed by atoms with Gasteiger partial charge in [-0.3, -0.25) is 0 Å². The van der Waals surface area contributed by atoms with E-state index in [1.165, 1.54) is 24.3 Å². The van der Waals surface area contributed by atoms with Crippen LogP contribution in [0.3, 0.4) is 0 Å². The van der Waals surface area contributed by atoms with E-state index >= 15 is 0 Å². The molecule has 0 amide bonds. The Bertz CT molecular complexity index is 1470. The van der Waals surface area contributed by atoms with Crippen LogP contribution in [0.5, 0.6) is 0 Å². The van der Waals surface area contributed by atoms with E-state index in [1.807, 2.05) is 60.7 Å². The molecule has 0 saturated carbocycles. The fourth-order valence-electron chi connectivity index (χ4n) is 4.21. The molecule has 0 unspecified atom stereocenters. The summed E-state index contributed by atoms with van der Waals surface area (Å²) in [5.74, 6) is -4.95. The molecule has 4 aromatic carbocycles. The third-order valence-electron chi connectivity index (χ3n) is 6.48. The van der Waals surface area contributed by atoms with Crippen molar-refractivity contribution in [1.29, 1.82) is 0 Å². The van der Waals surface area contributed by atoms with Gasteiger partial charge in [0, 0.05) is 13.1 Å². The number of carboxylic acid groups (broad SMARTS) is 1. The van der Waals surface area contributed by atoms with Gasteiger partial charge in [0.1, 0.15) is 6.10 Å². The van der Waals surface area contributed by atoms with Crippen molar-refractivity contribution in [2.75, 3.05) is 13.2 Å². The number of carboxylic acids is 1. The van der Waals surface area contributed by atoms with E-state index in [9.17, 15) is 24.3 Å². The highest BCUT2D eigenvalue weighted by molar-refractivity contribution is 5.95. The molecule has 0 radical (unpaired) electrons. The highest BCUT2D eigenvalue weighted by Gasteiger charge is 2.43. The topological polar surface area (TPSA) is 137 Å². The second kappa shape index (κ2) is 17.1. The summed E-state index contributed by atoms with van der Waals surface area (Å²) in [5, 5.41) is 13.2. The van der Waals surface area contributed by atoms with Gasteiger partial charge in [-0.05, 0) is 35.4 Å². The van der Waals surface area contributed by atoms with Crippen molar-refractivity contribution in [3.8, 4) is 0 Å². The zero-order valence-electron chi connectivity index (χ0n) is 24.3. The summed E-state index contributed by atoms with van der Waals surface area (Å²) in [6.45, 7) is 0.735. The van der Waals surface area contributed by atoms with Crippen LogP contribution in [0.2, 0.25) is 0 Å². The minimum atomic E-state index is -2.21. The molecule has 10 heteroatoms. The minimum Gasteiger partial charge on any atom is -0.478 e. The van der Waals surface area contributed by atoms with Gasteiger partial charge < -0.3 is 29.4 Å². The first-order chi connectivity index (χ1) is 21.9. The number of nitrogens with one attached hydrogen (secondary N) is 1. The molecule has 0 spiro atoms. The highest BCUT2D eigenvalue weighted by atomic mass is 16.6. The first kappa shape index (κ1) is 32.6. The van der Waals surface area contributed by atoms with Crippen molar-refractivity contribution in [3.63, 3.8) is 0 Å². The molecule has 0 aromatic heterocycles. The quantitative estimate of drug-likeness (QED) is 0.138. The molecule has 10 nitrogen and oxygen atoms in total. The zero-order chi connectivity index (χ0) is 31.9. The normalized spacial score (nSPS) is 12.7. The van der Waals surface area contributed by atoms with E-state index < -0.39 is 42.2 Å². The molecular formula is C35H33NO9. The summed E-state index contributed by atoms with van der Waals surface area (Å²) in [7, 11) is 0. The van der Waals surface area contributed by atoms with E-state index in [4.69, 9.17) is 18.9 Å². The largest absolute Gasteiger partial charge is 0.478 e. The summed E-state index contributed by atoms with van der Waals surface area (Å²) in [5.41, 5.74) is 1.98. The minimum absolute atomic E-state index is 0.0440. The lowest BCUT2D eigenvalue weighted by molar-refractivity contribution is -0.176. The summed E-state index contributed by atoms with van der Waals surface area (Å²) in [6, 6.07) is 34.2. The van der Waals surface area contributed by atoms with Gasteiger partial charge in [0.2, 0.25) is 12.2 Å². The first-order valence-electron chi connectivity index (χ1n) is 14.2. The third-order valence-corrected chi connectivity index (χ3v) is 6.48. The molecular weight excluding hydrogens is 578 g/mol. The average molecular weight is 612 g/mol. The maximum absolute atomic E-state index is 13.6. The SMILES string of the molecule is O=C(O[C@@H](C(=O)O)[C@@H](OC(=O)c1ccccc1)C(=O)O[C@H](CNCc1ccccc1)COCc1ccccc1)c1ccccc1. The molecule has 0 aliphatic rings. The number of hydrogen-bond acceptors (Lipinski definition) is 9. The summed E-state index contributed by atoms with van der Waals surface area (Å²) in [4.78, 5) is 51.8. The van der Waals surface area contributed by atoms with Crippen LogP contribution in [0.1, 0.15) is 31.8 Å².